The van der Waals surface area contributed by atoms with Crippen LogP contribution >= 0.6 is 12.2 Å². The fourth-order valence-electron chi connectivity index (χ4n) is 3.83. The number of rotatable bonds is 10. The largest absolute Gasteiger partial charge is 0.466 e. The molecule has 0 unspecified atom stereocenters. The molecule has 0 spiro atoms. The average molecular weight is 532 g/mol. The quantitative estimate of drug-likeness (QED) is 0.272. The molecule has 2 aromatic carbocycles. The molecule has 1 saturated heterocycles. The van der Waals surface area contributed by atoms with E-state index >= 15 is 0 Å². The van der Waals surface area contributed by atoms with Gasteiger partial charge in [-0.15, -0.1) is 0 Å². The summed E-state index contributed by atoms with van der Waals surface area (Å²) in [5.74, 6) is -0.306. The van der Waals surface area contributed by atoms with Crippen molar-refractivity contribution in [1.82, 2.24) is 9.62 Å². The Labute approximate surface area is 218 Å². The Bertz CT molecular complexity index is 1130. The first-order valence-corrected chi connectivity index (χ1v) is 14.0. The monoisotopic (exact) mass is 531 g/mol. The van der Waals surface area contributed by atoms with Crippen molar-refractivity contribution >= 4 is 44.9 Å². The summed E-state index contributed by atoms with van der Waals surface area (Å²) < 4.78 is 32.4. The molecule has 2 N–H and O–H groups in total. The lowest BCUT2D eigenvalue weighted by Gasteiger charge is -2.29. The Kier molecular flexibility index (Phi) is 10.4. The first kappa shape index (κ1) is 27.8. The van der Waals surface area contributed by atoms with Crippen LogP contribution in [0.5, 0.6) is 0 Å². The van der Waals surface area contributed by atoms with Crippen LogP contribution in [-0.4, -0.2) is 49.4 Å². The second kappa shape index (κ2) is 13.5. The summed E-state index contributed by atoms with van der Waals surface area (Å²) in [4.78, 5) is 24.2. The Hall–Kier alpha value is -2.82. The summed E-state index contributed by atoms with van der Waals surface area (Å²) >= 11 is 5.16. The molecule has 0 aromatic heterocycles. The number of piperidine rings is 1. The van der Waals surface area contributed by atoms with Gasteiger partial charge in [0, 0.05) is 25.2 Å². The third-order valence-electron chi connectivity index (χ3n) is 6.02. The number of hydrogen-bond acceptors (Lipinski definition) is 6. The van der Waals surface area contributed by atoms with Crippen LogP contribution in [0.25, 0.3) is 0 Å². The van der Waals surface area contributed by atoms with Crippen molar-refractivity contribution in [3.63, 3.8) is 0 Å². The highest BCUT2D eigenvalue weighted by molar-refractivity contribution is 7.89. The minimum atomic E-state index is -3.53. The maximum absolute atomic E-state index is 12.8. The van der Waals surface area contributed by atoms with Crippen molar-refractivity contribution in [3.05, 3.63) is 60.2 Å². The minimum absolute atomic E-state index is 0.0401. The summed E-state index contributed by atoms with van der Waals surface area (Å²) in [5, 5.41) is 5.44. The number of nitrogens with zero attached hydrogens (tertiary/aromatic N) is 1. The van der Waals surface area contributed by atoms with E-state index in [0.717, 1.165) is 19.3 Å². The highest BCUT2D eigenvalue weighted by Crippen LogP contribution is 2.24. The van der Waals surface area contributed by atoms with Crippen LogP contribution in [0.3, 0.4) is 0 Å². The number of esters is 1. The van der Waals surface area contributed by atoms with Crippen molar-refractivity contribution < 1.29 is 22.7 Å². The van der Waals surface area contributed by atoms with E-state index in [1.807, 2.05) is 30.3 Å². The molecule has 1 aliphatic heterocycles. The number of carbonyl (C=O) groups is 2. The van der Waals surface area contributed by atoms with Gasteiger partial charge in [0.15, 0.2) is 5.11 Å². The molecule has 3 rings (SSSR count). The van der Waals surface area contributed by atoms with Gasteiger partial charge in [-0.05, 0) is 73.6 Å². The van der Waals surface area contributed by atoms with E-state index in [-0.39, 0.29) is 22.8 Å². The van der Waals surface area contributed by atoms with E-state index in [2.05, 4.69) is 17.6 Å². The molecule has 0 bridgehead atoms. The van der Waals surface area contributed by atoms with Gasteiger partial charge in [0.2, 0.25) is 15.9 Å². The SMILES string of the molecule is CC1CCN(S(=O)(=O)c2ccc(NC(=S)NC(=O)CCC(=O)OCCCc3ccccc3)cc2)CC1. The number of thiocarbonyl (C=S) groups is 1. The van der Waals surface area contributed by atoms with Gasteiger partial charge in [-0.3, -0.25) is 9.59 Å². The number of aryl methyl sites for hydroxylation is 1. The van der Waals surface area contributed by atoms with Gasteiger partial charge in [-0.25, -0.2) is 8.42 Å². The number of sulfonamides is 1. The lowest BCUT2D eigenvalue weighted by molar-refractivity contribution is -0.145. The van der Waals surface area contributed by atoms with E-state index in [4.69, 9.17) is 17.0 Å². The smallest absolute Gasteiger partial charge is 0.306 e. The molecule has 0 radical (unpaired) electrons. The number of hydrogen-bond donors (Lipinski definition) is 2. The van der Waals surface area contributed by atoms with Gasteiger partial charge in [0.1, 0.15) is 0 Å². The molecular weight excluding hydrogens is 498 g/mol. The fraction of sp³-hybridized carbons (Fsp3) is 0.423. The van der Waals surface area contributed by atoms with Gasteiger partial charge in [0.05, 0.1) is 17.9 Å². The molecule has 0 saturated carbocycles. The van der Waals surface area contributed by atoms with E-state index in [1.165, 1.54) is 22.0 Å². The molecule has 0 aliphatic carbocycles. The highest BCUT2D eigenvalue weighted by atomic mass is 32.2. The predicted octanol–water partition coefficient (Wildman–Crippen LogP) is 3.88. The van der Waals surface area contributed by atoms with E-state index in [1.54, 1.807) is 12.1 Å². The van der Waals surface area contributed by atoms with E-state index in [9.17, 15) is 18.0 Å². The molecule has 36 heavy (non-hydrogen) atoms. The molecule has 10 heteroatoms. The number of benzene rings is 2. The maximum Gasteiger partial charge on any atom is 0.306 e. The standard InChI is InChI=1S/C26H33N3O5S2/c1-20-15-17-29(18-16-20)36(32,33)23-11-9-22(10-12-23)27-26(35)28-24(30)13-14-25(31)34-19-5-8-21-6-3-2-4-7-21/h2-4,6-7,9-12,20H,5,8,13-19H2,1H3,(H2,27,28,30,35). The van der Waals surface area contributed by atoms with Crippen molar-refractivity contribution in [3.8, 4) is 0 Å². The lowest BCUT2D eigenvalue weighted by Crippen LogP contribution is -2.37. The molecule has 2 aromatic rings. The second-order valence-corrected chi connectivity index (χ2v) is 11.3. The van der Waals surface area contributed by atoms with Crippen molar-refractivity contribution in [1.29, 1.82) is 0 Å². The van der Waals surface area contributed by atoms with E-state index < -0.39 is 21.9 Å². The zero-order chi connectivity index (χ0) is 26.0. The summed E-state index contributed by atoms with van der Waals surface area (Å²) in [7, 11) is -3.53. The lowest BCUT2D eigenvalue weighted by atomic mass is 10.0. The summed E-state index contributed by atoms with van der Waals surface area (Å²) in [5.41, 5.74) is 1.73. The molecule has 1 fully saturated rings. The third-order valence-corrected chi connectivity index (χ3v) is 8.13. The zero-order valence-electron chi connectivity index (χ0n) is 20.4. The molecular formula is C26H33N3O5S2. The maximum atomic E-state index is 12.8. The van der Waals surface area contributed by atoms with E-state index in [0.29, 0.717) is 37.7 Å². The van der Waals surface area contributed by atoms with Crippen LogP contribution in [-0.2, 0) is 30.8 Å². The number of nitrogens with one attached hydrogen (secondary N) is 2. The highest BCUT2D eigenvalue weighted by Gasteiger charge is 2.27. The van der Waals surface area contributed by atoms with Crippen molar-refractivity contribution in [2.24, 2.45) is 5.92 Å². The average Bonchev–Trinajstić information content (AvgIpc) is 2.86. The topological polar surface area (TPSA) is 105 Å². The Morgan fingerprint density at radius 2 is 1.69 bits per heavy atom. The number of ether oxygens (including phenoxy) is 1. The van der Waals surface area contributed by atoms with Crippen LogP contribution < -0.4 is 10.6 Å². The van der Waals surface area contributed by atoms with Gasteiger partial charge >= 0.3 is 5.97 Å². The second-order valence-electron chi connectivity index (χ2n) is 8.92. The number of anilines is 1. The Morgan fingerprint density at radius 1 is 1.03 bits per heavy atom. The summed E-state index contributed by atoms with van der Waals surface area (Å²) in [6.45, 7) is 3.49. The predicted molar refractivity (Wildman–Crippen MR) is 143 cm³/mol. The fourth-order valence-corrected chi connectivity index (χ4v) is 5.53. The van der Waals surface area contributed by atoms with Crippen LogP contribution in [0.2, 0.25) is 0 Å². The van der Waals surface area contributed by atoms with Crippen LogP contribution in [0, 0.1) is 5.92 Å². The normalized spacial score (nSPS) is 14.7. The first-order valence-electron chi connectivity index (χ1n) is 12.1. The molecule has 8 nitrogen and oxygen atoms in total. The number of amides is 1. The van der Waals surface area contributed by atoms with Crippen LogP contribution in [0.4, 0.5) is 5.69 Å². The number of carbonyl (C=O) groups excluding carboxylic acids is 2. The molecule has 194 valence electrons. The Morgan fingerprint density at radius 3 is 2.36 bits per heavy atom. The van der Waals surface area contributed by atoms with Crippen LogP contribution in [0.15, 0.2) is 59.5 Å². The summed E-state index contributed by atoms with van der Waals surface area (Å²) in [6, 6.07) is 16.2. The molecule has 1 amide bonds. The van der Waals surface area contributed by atoms with Crippen molar-refractivity contribution in [2.75, 3.05) is 25.0 Å². The van der Waals surface area contributed by atoms with Gasteiger partial charge < -0.3 is 15.4 Å². The zero-order valence-corrected chi connectivity index (χ0v) is 22.1. The molecule has 1 heterocycles. The van der Waals surface area contributed by atoms with Gasteiger partial charge in [0.25, 0.3) is 0 Å². The third kappa shape index (κ3) is 8.69. The van der Waals surface area contributed by atoms with Gasteiger partial charge in [-0.1, -0.05) is 37.3 Å². The van der Waals surface area contributed by atoms with Crippen LogP contribution in [0.1, 0.15) is 44.6 Å². The van der Waals surface area contributed by atoms with Gasteiger partial charge in [-0.2, -0.15) is 4.31 Å². The Balaban J connectivity index is 1.35. The minimum Gasteiger partial charge on any atom is -0.466 e. The molecule has 0 atom stereocenters. The summed E-state index contributed by atoms with van der Waals surface area (Å²) in [6.07, 6.45) is 3.16. The first-order chi connectivity index (χ1) is 17.2. The van der Waals surface area contributed by atoms with Crippen molar-refractivity contribution in [2.45, 2.75) is 50.3 Å². The molecule has 1 aliphatic rings.